The third-order valence-electron chi connectivity index (χ3n) is 2.50. The molecule has 0 saturated carbocycles. The van der Waals surface area contributed by atoms with E-state index in [9.17, 15) is 9.59 Å². The van der Waals surface area contributed by atoms with Crippen LogP contribution in [0.3, 0.4) is 0 Å². The van der Waals surface area contributed by atoms with Gasteiger partial charge in [0.25, 0.3) is 0 Å². The quantitative estimate of drug-likeness (QED) is 0.746. The van der Waals surface area contributed by atoms with Crippen molar-refractivity contribution in [3.05, 3.63) is 22.4 Å². The van der Waals surface area contributed by atoms with Crippen LogP contribution in [0.25, 0.3) is 0 Å². The van der Waals surface area contributed by atoms with E-state index in [1.54, 1.807) is 6.08 Å². The first-order chi connectivity index (χ1) is 7.56. The third-order valence-corrected chi connectivity index (χ3v) is 2.95. The average Bonchev–Trinajstić information content (AvgIpc) is 2.17. The monoisotopic (exact) mass is 286 g/mol. The fourth-order valence-electron chi connectivity index (χ4n) is 1.52. The summed E-state index contributed by atoms with van der Waals surface area (Å²) in [7, 11) is 0. The molecular formula is C12H15BrO3. The molecule has 0 N–H and O–H groups in total. The summed E-state index contributed by atoms with van der Waals surface area (Å²) in [6.45, 7) is 3.90. The first kappa shape index (κ1) is 13.2. The Morgan fingerprint density at radius 3 is 2.56 bits per heavy atom. The molecule has 0 saturated heterocycles. The highest BCUT2D eigenvalue weighted by Gasteiger charge is 2.20. The van der Waals surface area contributed by atoms with Crippen molar-refractivity contribution >= 4 is 27.7 Å². The van der Waals surface area contributed by atoms with E-state index in [0.717, 1.165) is 12.8 Å². The van der Waals surface area contributed by atoms with E-state index in [1.165, 1.54) is 6.08 Å². The van der Waals surface area contributed by atoms with Crippen molar-refractivity contribution in [2.75, 3.05) is 0 Å². The van der Waals surface area contributed by atoms with Gasteiger partial charge in [0, 0.05) is 4.48 Å². The number of hydrogen-bond donors (Lipinski definition) is 0. The highest BCUT2D eigenvalue weighted by Crippen LogP contribution is 2.22. The Morgan fingerprint density at radius 2 is 2.06 bits per heavy atom. The normalized spacial score (nSPS) is 15.9. The van der Waals surface area contributed by atoms with E-state index in [1.807, 2.05) is 13.8 Å². The molecule has 1 aliphatic carbocycles. The minimum Gasteiger partial charge on any atom is -0.430 e. The van der Waals surface area contributed by atoms with Crippen LogP contribution in [0.1, 0.15) is 33.1 Å². The van der Waals surface area contributed by atoms with Crippen LogP contribution in [0.15, 0.2) is 22.4 Å². The number of carbonyl (C=O) groups is 2. The van der Waals surface area contributed by atoms with Crippen LogP contribution in [0, 0.1) is 5.92 Å². The lowest BCUT2D eigenvalue weighted by molar-refractivity contribution is -0.144. The van der Waals surface area contributed by atoms with Gasteiger partial charge < -0.3 is 4.74 Å². The molecular weight excluding hydrogens is 272 g/mol. The second-order valence-electron chi connectivity index (χ2n) is 3.72. The SMILES string of the molecule is CCC(CC)C(=O)OC1=CC(Br)=CC(=O)C1. The van der Waals surface area contributed by atoms with Gasteiger partial charge >= 0.3 is 5.97 Å². The van der Waals surface area contributed by atoms with Crippen molar-refractivity contribution in [3.63, 3.8) is 0 Å². The Bertz CT molecular complexity index is 351. The second-order valence-corrected chi connectivity index (χ2v) is 4.63. The second kappa shape index (κ2) is 5.99. The molecule has 1 aliphatic rings. The molecule has 0 amide bonds. The van der Waals surface area contributed by atoms with Crippen molar-refractivity contribution in [3.8, 4) is 0 Å². The van der Waals surface area contributed by atoms with Crippen molar-refractivity contribution in [1.82, 2.24) is 0 Å². The van der Waals surface area contributed by atoms with Crippen molar-refractivity contribution < 1.29 is 14.3 Å². The first-order valence-electron chi connectivity index (χ1n) is 5.39. The molecule has 0 aliphatic heterocycles. The highest BCUT2D eigenvalue weighted by atomic mass is 79.9. The van der Waals surface area contributed by atoms with Gasteiger partial charge in [0.2, 0.25) is 0 Å². The van der Waals surface area contributed by atoms with Crippen LogP contribution in [0.5, 0.6) is 0 Å². The number of esters is 1. The van der Waals surface area contributed by atoms with Gasteiger partial charge in [0.1, 0.15) is 5.76 Å². The van der Waals surface area contributed by atoms with Crippen LogP contribution in [-0.4, -0.2) is 11.8 Å². The van der Waals surface area contributed by atoms with E-state index in [0.29, 0.717) is 10.2 Å². The number of ether oxygens (including phenoxy) is 1. The van der Waals surface area contributed by atoms with Crippen molar-refractivity contribution in [2.45, 2.75) is 33.1 Å². The zero-order chi connectivity index (χ0) is 12.1. The number of carbonyl (C=O) groups excluding carboxylic acids is 2. The minimum absolute atomic E-state index is 0.0540. The summed E-state index contributed by atoms with van der Waals surface area (Å²) in [6, 6.07) is 0. The lowest BCUT2D eigenvalue weighted by Crippen LogP contribution is -2.17. The molecule has 0 aromatic heterocycles. The van der Waals surface area contributed by atoms with E-state index in [4.69, 9.17) is 4.74 Å². The Hall–Kier alpha value is -0.900. The van der Waals surface area contributed by atoms with E-state index < -0.39 is 0 Å². The summed E-state index contributed by atoms with van der Waals surface area (Å²) in [5.74, 6) is 0.0462. The number of rotatable bonds is 4. The summed E-state index contributed by atoms with van der Waals surface area (Å²) in [6.07, 6.45) is 4.83. The molecule has 0 spiro atoms. The molecule has 0 fully saturated rings. The maximum Gasteiger partial charge on any atom is 0.313 e. The van der Waals surface area contributed by atoms with Crippen LogP contribution in [-0.2, 0) is 14.3 Å². The van der Waals surface area contributed by atoms with E-state index in [-0.39, 0.29) is 24.1 Å². The average molecular weight is 287 g/mol. The maximum atomic E-state index is 11.7. The van der Waals surface area contributed by atoms with Gasteiger partial charge in [0.05, 0.1) is 12.3 Å². The maximum absolute atomic E-state index is 11.7. The molecule has 0 aromatic rings. The van der Waals surface area contributed by atoms with Gasteiger partial charge in [-0.2, -0.15) is 0 Å². The molecule has 0 radical (unpaired) electrons. The molecule has 1 rings (SSSR count). The molecule has 0 bridgehead atoms. The Labute approximate surface area is 104 Å². The van der Waals surface area contributed by atoms with E-state index >= 15 is 0 Å². The van der Waals surface area contributed by atoms with Gasteiger partial charge in [-0.05, 0) is 25.0 Å². The summed E-state index contributed by atoms with van der Waals surface area (Å²) < 4.78 is 5.86. The predicted molar refractivity (Wildman–Crippen MR) is 64.9 cm³/mol. The number of ketones is 1. The van der Waals surface area contributed by atoms with Gasteiger partial charge in [-0.3, -0.25) is 9.59 Å². The topological polar surface area (TPSA) is 43.4 Å². The molecule has 4 heteroatoms. The summed E-state index contributed by atoms with van der Waals surface area (Å²) >= 11 is 3.20. The van der Waals surface area contributed by atoms with Gasteiger partial charge in [-0.1, -0.05) is 29.8 Å². The smallest absolute Gasteiger partial charge is 0.313 e. The fourth-order valence-corrected chi connectivity index (χ4v) is 2.03. The number of halogens is 1. The molecule has 0 heterocycles. The third kappa shape index (κ3) is 3.59. The largest absolute Gasteiger partial charge is 0.430 e. The lowest BCUT2D eigenvalue weighted by atomic mass is 10.0. The standard InChI is InChI=1S/C12H15BrO3/c1-3-8(4-2)12(15)16-11-6-9(13)5-10(14)7-11/h5-6,8H,3-4,7H2,1-2H3. The van der Waals surface area contributed by atoms with Crippen molar-refractivity contribution in [2.24, 2.45) is 5.92 Å². The van der Waals surface area contributed by atoms with Crippen molar-refractivity contribution in [1.29, 1.82) is 0 Å². The molecule has 3 nitrogen and oxygen atoms in total. The zero-order valence-corrected chi connectivity index (χ0v) is 11.0. The summed E-state index contributed by atoms with van der Waals surface area (Å²) in [4.78, 5) is 22.9. The highest BCUT2D eigenvalue weighted by molar-refractivity contribution is 9.11. The van der Waals surface area contributed by atoms with Gasteiger partial charge in [-0.15, -0.1) is 0 Å². The van der Waals surface area contributed by atoms with Gasteiger partial charge in [0.15, 0.2) is 5.78 Å². The molecule has 88 valence electrons. The molecule has 0 atom stereocenters. The van der Waals surface area contributed by atoms with Crippen LogP contribution in [0.2, 0.25) is 0 Å². The van der Waals surface area contributed by atoms with E-state index in [2.05, 4.69) is 15.9 Å². The van der Waals surface area contributed by atoms with Crippen LogP contribution >= 0.6 is 15.9 Å². The molecule has 0 aromatic carbocycles. The van der Waals surface area contributed by atoms with Gasteiger partial charge in [-0.25, -0.2) is 0 Å². The lowest BCUT2D eigenvalue weighted by Gasteiger charge is -2.15. The number of allylic oxidation sites excluding steroid dienone is 4. The summed E-state index contributed by atoms with van der Waals surface area (Å²) in [5.41, 5.74) is 0. The Balaban J connectivity index is 2.64. The molecule has 0 unspecified atom stereocenters. The predicted octanol–water partition coefficient (Wildman–Crippen LogP) is 3.10. The number of hydrogen-bond acceptors (Lipinski definition) is 3. The first-order valence-corrected chi connectivity index (χ1v) is 6.18. The fraction of sp³-hybridized carbons (Fsp3) is 0.500. The van der Waals surface area contributed by atoms with Crippen LogP contribution in [0.4, 0.5) is 0 Å². The zero-order valence-electron chi connectivity index (χ0n) is 9.46. The minimum atomic E-state index is -0.244. The van der Waals surface area contributed by atoms with Crippen LogP contribution < -0.4 is 0 Å². The Morgan fingerprint density at radius 1 is 1.44 bits per heavy atom. The summed E-state index contributed by atoms with van der Waals surface area (Å²) in [5, 5.41) is 0. The molecule has 16 heavy (non-hydrogen) atoms. The Kier molecular flexibility index (Phi) is 4.93.